The number of fused-ring (bicyclic) bond motifs is 1. The van der Waals surface area contributed by atoms with Crippen LogP contribution in [-0.4, -0.2) is 25.1 Å². The fourth-order valence-corrected chi connectivity index (χ4v) is 4.17. The molecule has 0 spiro atoms. The van der Waals surface area contributed by atoms with Crippen LogP contribution in [0.3, 0.4) is 0 Å². The summed E-state index contributed by atoms with van der Waals surface area (Å²) in [5.41, 5.74) is 13.4. The van der Waals surface area contributed by atoms with Gasteiger partial charge in [0, 0.05) is 47.0 Å². The van der Waals surface area contributed by atoms with Crippen molar-refractivity contribution in [2.24, 2.45) is 5.73 Å². The van der Waals surface area contributed by atoms with E-state index in [0.29, 0.717) is 23.9 Å². The van der Waals surface area contributed by atoms with E-state index >= 15 is 0 Å². The number of aromatic amines is 2. The molecular formula is C28H22N7+. The van der Waals surface area contributed by atoms with E-state index in [1.54, 1.807) is 6.20 Å². The normalized spacial score (nSPS) is 11.1. The molecule has 168 valence electrons. The van der Waals surface area contributed by atoms with Crippen molar-refractivity contribution >= 4 is 10.9 Å². The Bertz CT molecular complexity index is 1610. The average Bonchev–Trinajstić information content (AvgIpc) is 3.43. The lowest BCUT2D eigenvalue weighted by molar-refractivity contribution is -0.377. The minimum absolute atomic E-state index is 0.506. The highest BCUT2D eigenvalue weighted by molar-refractivity contribution is 5.97. The molecule has 0 aliphatic rings. The van der Waals surface area contributed by atoms with E-state index in [9.17, 15) is 0 Å². The first-order valence-corrected chi connectivity index (χ1v) is 11.3. The van der Waals surface area contributed by atoms with Crippen LogP contribution in [0.4, 0.5) is 0 Å². The van der Waals surface area contributed by atoms with Gasteiger partial charge in [-0.1, -0.05) is 54.6 Å². The molecule has 4 aromatic heterocycles. The molecule has 0 saturated heterocycles. The molecule has 0 radical (unpaired) electrons. The van der Waals surface area contributed by atoms with Gasteiger partial charge in [0.25, 0.3) is 0 Å². The number of pyridine rings is 3. The molecule has 6 rings (SSSR count). The summed E-state index contributed by atoms with van der Waals surface area (Å²) < 4.78 is 0. The number of rotatable bonds is 5. The van der Waals surface area contributed by atoms with Gasteiger partial charge in [-0.3, -0.25) is 10.1 Å². The smallest absolute Gasteiger partial charge is 0.182 e. The van der Waals surface area contributed by atoms with E-state index in [4.69, 9.17) is 15.7 Å². The summed E-state index contributed by atoms with van der Waals surface area (Å²) in [4.78, 5) is 17.5. The molecule has 4 heterocycles. The van der Waals surface area contributed by atoms with Gasteiger partial charge in [0.2, 0.25) is 0 Å². The van der Waals surface area contributed by atoms with Gasteiger partial charge in [-0.25, -0.2) is 15.0 Å². The van der Waals surface area contributed by atoms with Crippen molar-refractivity contribution in [3.63, 3.8) is 0 Å². The number of H-pyrrole nitrogens is 2. The quantitative estimate of drug-likeness (QED) is 0.391. The first-order valence-electron chi connectivity index (χ1n) is 11.3. The van der Waals surface area contributed by atoms with Gasteiger partial charge in [0.05, 0.1) is 11.2 Å². The van der Waals surface area contributed by atoms with Crippen molar-refractivity contribution in [1.82, 2.24) is 25.1 Å². The maximum Gasteiger partial charge on any atom is 0.182 e. The number of nitrogens with zero attached hydrogens (tertiary/aromatic N) is 4. The summed E-state index contributed by atoms with van der Waals surface area (Å²) in [6, 6.07) is 26.4. The summed E-state index contributed by atoms with van der Waals surface area (Å²) in [5.74, 6) is 1.21. The van der Waals surface area contributed by atoms with Gasteiger partial charge in [0.1, 0.15) is 5.69 Å². The highest BCUT2D eigenvalue weighted by Crippen LogP contribution is 2.35. The molecule has 4 N–H and O–H groups in total. The maximum atomic E-state index is 5.81. The monoisotopic (exact) mass is 456 g/mol. The molecule has 2 aromatic carbocycles. The Balaban J connectivity index is 1.54. The first-order chi connectivity index (χ1) is 17.3. The molecule has 7 heteroatoms. The van der Waals surface area contributed by atoms with E-state index in [2.05, 4.69) is 50.5 Å². The molecule has 0 saturated carbocycles. The third-order valence-electron chi connectivity index (χ3n) is 5.98. The van der Waals surface area contributed by atoms with Crippen LogP contribution in [0.2, 0.25) is 0 Å². The number of nitrogens with one attached hydrogen (secondary N) is 2. The van der Waals surface area contributed by atoms with Crippen molar-refractivity contribution in [2.75, 3.05) is 0 Å². The predicted octanol–water partition coefficient (Wildman–Crippen LogP) is 4.69. The summed E-state index contributed by atoms with van der Waals surface area (Å²) in [5, 5.41) is 8.37. The summed E-state index contributed by atoms with van der Waals surface area (Å²) in [6.07, 6.45) is 5.45. The van der Waals surface area contributed by atoms with Crippen LogP contribution in [0.5, 0.6) is 0 Å². The Hall–Kier alpha value is -4.75. The van der Waals surface area contributed by atoms with Crippen molar-refractivity contribution in [1.29, 1.82) is 0 Å². The first kappa shape index (κ1) is 20.8. The van der Waals surface area contributed by atoms with Crippen LogP contribution in [0.25, 0.3) is 56.2 Å². The summed E-state index contributed by atoms with van der Waals surface area (Å²) in [7, 11) is 0. The lowest BCUT2D eigenvalue weighted by Gasteiger charge is -2.13. The van der Waals surface area contributed by atoms with Crippen LogP contribution >= 0.6 is 0 Å². The van der Waals surface area contributed by atoms with E-state index in [1.807, 2.05) is 60.9 Å². The molecule has 0 bridgehead atoms. The molecule has 35 heavy (non-hydrogen) atoms. The summed E-state index contributed by atoms with van der Waals surface area (Å²) in [6.45, 7) is 0.506. The summed E-state index contributed by atoms with van der Waals surface area (Å²) >= 11 is 0. The number of benzene rings is 2. The van der Waals surface area contributed by atoms with Gasteiger partial charge in [-0.2, -0.15) is 5.10 Å². The third-order valence-corrected chi connectivity index (χ3v) is 5.98. The van der Waals surface area contributed by atoms with Crippen LogP contribution in [0.15, 0.2) is 97.5 Å². The Morgan fingerprint density at radius 2 is 1.57 bits per heavy atom. The predicted molar refractivity (Wildman–Crippen MR) is 136 cm³/mol. The van der Waals surface area contributed by atoms with Gasteiger partial charge < -0.3 is 5.73 Å². The van der Waals surface area contributed by atoms with E-state index < -0.39 is 0 Å². The Morgan fingerprint density at radius 3 is 2.34 bits per heavy atom. The molecule has 0 amide bonds. The molecule has 6 aromatic rings. The molecule has 7 nitrogen and oxygen atoms in total. The standard InChI is InChI=1S/C28H21N7/c29-17-18-6-8-20(9-7-18)25-22(19-4-2-1-3-5-19)16-23-24(32-25)12-15-31-26(23)28-33-27(34-35-28)21-10-13-30-14-11-21/h1-16H,17,29H2,(H,33,34,35)/p+1. The molecule has 0 aliphatic carbocycles. The molecular weight excluding hydrogens is 434 g/mol. The number of hydrogen-bond acceptors (Lipinski definition) is 5. The highest BCUT2D eigenvalue weighted by Gasteiger charge is 2.17. The zero-order valence-electron chi connectivity index (χ0n) is 18.8. The third kappa shape index (κ3) is 3.94. The van der Waals surface area contributed by atoms with E-state index in [-0.39, 0.29) is 0 Å². The van der Waals surface area contributed by atoms with Crippen molar-refractivity contribution in [3.05, 3.63) is 103 Å². The SMILES string of the molecule is NCc1ccc(-c2nc3ccnc(-c4nc(-c5cc[nH+]cc5)n[nH]4)c3cc2-c2ccccc2)cc1. The zero-order valence-corrected chi connectivity index (χ0v) is 18.8. The van der Waals surface area contributed by atoms with Crippen LogP contribution in [0.1, 0.15) is 5.56 Å². The minimum Gasteiger partial charge on any atom is -0.326 e. The molecule has 0 aliphatic heterocycles. The number of hydrogen-bond donors (Lipinski definition) is 2. The van der Waals surface area contributed by atoms with Gasteiger partial charge in [-0.15, -0.1) is 0 Å². The Kier molecular flexibility index (Phi) is 5.29. The van der Waals surface area contributed by atoms with E-state index in [1.165, 1.54) is 0 Å². The average molecular weight is 457 g/mol. The lowest BCUT2D eigenvalue weighted by Crippen LogP contribution is -1.97. The lowest BCUT2D eigenvalue weighted by atomic mass is 9.96. The zero-order chi connectivity index (χ0) is 23.6. The van der Waals surface area contributed by atoms with Crippen molar-refractivity contribution < 1.29 is 4.98 Å². The fourth-order valence-electron chi connectivity index (χ4n) is 4.17. The second kappa shape index (κ2) is 8.89. The number of aromatic nitrogens is 6. The van der Waals surface area contributed by atoms with Gasteiger partial charge in [-0.05, 0) is 23.3 Å². The van der Waals surface area contributed by atoms with Crippen LogP contribution in [-0.2, 0) is 6.54 Å². The Labute approximate surface area is 201 Å². The Morgan fingerprint density at radius 1 is 0.771 bits per heavy atom. The van der Waals surface area contributed by atoms with E-state index in [0.717, 1.165) is 44.4 Å². The second-order valence-corrected chi connectivity index (χ2v) is 8.17. The second-order valence-electron chi connectivity index (χ2n) is 8.17. The highest BCUT2D eigenvalue weighted by atomic mass is 15.2. The minimum atomic E-state index is 0.506. The van der Waals surface area contributed by atoms with Gasteiger partial charge in [0.15, 0.2) is 24.0 Å². The topological polar surface area (TPSA) is 108 Å². The molecule has 0 fully saturated rings. The van der Waals surface area contributed by atoms with Crippen LogP contribution < -0.4 is 10.7 Å². The fraction of sp³-hybridized carbons (Fsp3) is 0.0357. The molecule has 0 atom stereocenters. The van der Waals surface area contributed by atoms with Crippen LogP contribution in [0, 0.1) is 0 Å². The van der Waals surface area contributed by atoms with Crippen molar-refractivity contribution in [2.45, 2.75) is 6.54 Å². The number of nitrogens with two attached hydrogens (primary N) is 1. The van der Waals surface area contributed by atoms with Crippen molar-refractivity contribution in [3.8, 4) is 45.3 Å². The maximum absolute atomic E-state index is 5.81. The largest absolute Gasteiger partial charge is 0.326 e. The molecule has 0 unspecified atom stereocenters. The van der Waals surface area contributed by atoms with Gasteiger partial charge >= 0.3 is 0 Å².